The van der Waals surface area contributed by atoms with E-state index in [9.17, 15) is 14.4 Å². The van der Waals surface area contributed by atoms with Gasteiger partial charge in [-0.3, -0.25) is 14.4 Å². The number of hydrogen-bond donors (Lipinski definition) is 2. The minimum Gasteiger partial charge on any atom is -0.496 e. The number of nitrogens with one attached hydrogen (secondary N) is 2. The fraction of sp³-hybridized carbons (Fsp3) is 0.727. The lowest BCUT2D eigenvalue weighted by atomic mass is 9.74. The van der Waals surface area contributed by atoms with Crippen LogP contribution in [0.5, 0.6) is 11.5 Å². The fourth-order valence-corrected chi connectivity index (χ4v) is 6.68. The average Bonchev–Trinajstić information content (AvgIpc) is 3.50. The Morgan fingerprint density at radius 3 is 2.21 bits per heavy atom. The van der Waals surface area contributed by atoms with Gasteiger partial charge in [0.25, 0.3) is 5.91 Å². The molecule has 0 spiro atoms. The summed E-state index contributed by atoms with van der Waals surface area (Å²) in [6, 6.07) is 2.28. The van der Waals surface area contributed by atoms with E-state index in [-0.39, 0.29) is 64.3 Å². The maximum absolute atomic E-state index is 15.1. The van der Waals surface area contributed by atoms with Gasteiger partial charge < -0.3 is 24.8 Å². The molecule has 4 rings (SSSR count). The van der Waals surface area contributed by atoms with E-state index >= 15 is 4.39 Å². The largest absolute Gasteiger partial charge is 0.496 e. The van der Waals surface area contributed by atoms with Gasteiger partial charge in [-0.2, -0.15) is 0 Å². The Kier molecular flexibility index (Phi) is 9.20. The third-order valence-electron chi connectivity index (χ3n) is 9.03. The number of esters is 1. The van der Waals surface area contributed by atoms with Gasteiger partial charge in [0.15, 0.2) is 11.6 Å². The summed E-state index contributed by atoms with van der Waals surface area (Å²) in [5.41, 5.74) is -1.06. The van der Waals surface area contributed by atoms with Crippen LogP contribution < -0.4 is 20.1 Å². The van der Waals surface area contributed by atoms with E-state index < -0.39 is 22.7 Å². The summed E-state index contributed by atoms with van der Waals surface area (Å²) in [6.07, 6.45) is 4.78. The Labute approximate surface area is 249 Å². The summed E-state index contributed by atoms with van der Waals surface area (Å²) in [6.45, 7) is 14.2. The number of benzene rings is 1. The highest BCUT2D eigenvalue weighted by Crippen LogP contribution is 2.49. The van der Waals surface area contributed by atoms with Crippen LogP contribution in [0.25, 0.3) is 0 Å². The Balaban J connectivity index is 1.45. The molecule has 3 aliphatic carbocycles. The minimum atomic E-state index is -0.622. The number of hydrogen-bond acceptors (Lipinski definition) is 6. The molecule has 3 fully saturated rings. The molecule has 0 aromatic heterocycles. The first-order valence-electron chi connectivity index (χ1n) is 15.4. The van der Waals surface area contributed by atoms with Crippen molar-refractivity contribution in [1.29, 1.82) is 0 Å². The van der Waals surface area contributed by atoms with E-state index in [0.29, 0.717) is 32.2 Å². The van der Waals surface area contributed by atoms with Crippen molar-refractivity contribution in [2.75, 3.05) is 13.7 Å². The molecule has 2 bridgehead atoms. The van der Waals surface area contributed by atoms with Gasteiger partial charge in [0, 0.05) is 18.7 Å². The second kappa shape index (κ2) is 12.0. The van der Waals surface area contributed by atoms with Crippen molar-refractivity contribution in [3.63, 3.8) is 0 Å². The molecular formula is C33H49FN2O6. The summed E-state index contributed by atoms with van der Waals surface area (Å²) in [5.74, 6) is -1.03. The number of carbonyl (C=O) groups is 3. The lowest BCUT2D eigenvalue weighted by molar-refractivity contribution is -0.169. The van der Waals surface area contributed by atoms with E-state index in [0.717, 1.165) is 19.3 Å². The molecule has 3 saturated carbocycles. The van der Waals surface area contributed by atoms with Crippen LogP contribution in [0.1, 0.15) is 104 Å². The molecule has 0 heterocycles. The molecule has 0 unspecified atom stereocenters. The van der Waals surface area contributed by atoms with Crippen molar-refractivity contribution in [3.05, 3.63) is 23.5 Å². The highest BCUT2D eigenvalue weighted by atomic mass is 19.1. The van der Waals surface area contributed by atoms with Gasteiger partial charge in [-0.25, -0.2) is 4.39 Å². The van der Waals surface area contributed by atoms with Gasteiger partial charge in [-0.15, -0.1) is 0 Å². The predicted octanol–water partition coefficient (Wildman–Crippen LogP) is 5.81. The van der Waals surface area contributed by atoms with Crippen molar-refractivity contribution in [2.45, 2.75) is 111 Å². The number of halogens is 1. The normalized spacial score (nSPS) is 29.1. The second-order valence-corrected chi connectivity index (χ2v) is 15.0. The molecule has 2 N–H and O–H groups in total. The summed E-state index contributed by atoms with van der Waals surface area (Å²) >= 11 is 0. The Morgan fingerprint density at radius 1 is 0.976 bits per heavy atom. The van der Waals surface area contributed by atoms with Crippen LogP contribution in [-0.4, -0.2) is 49.2 Å². The maximum Gasteiger partial charge on any atom is 0.312 e. The summed E-state index contributed by atoms with van der Waals surface area (Å²) < 4.78 is 32.2. The van der Waals surface area contributed by atoms with E-state index in [2.05, 4.69) is 31.4 Å². The molecule has 9 heteroatoms. The van der Waals surface area contributed by atoms with Crippen molar-refractivity contribution in [2.24, 2.45) is 28.6 Å². The molecule has 4 atom stereocenters. The third-order valence-corrected chi connectivity index (χ3v) is 9.03. The quantitative estimate of drug-likeness (QED) is 0.372. The number of rotatable bonds is 8. The van der Waals surface area contributed by atoms with E-state index in [4.69, 9.17) is 14.2 Å². The standard InChI is InChI=1S/C33H49FN2O6/c1-31(2,3)18-35-29(38)26-19-9-10-20(15-19)27(26)36-28(37)22-16-25(23(34)17-24(22)40-8)41-21-11-13-33(7,14-12-21)30(39)42-32(4,5)6/h16-17,19-21,26-27H,9-15,18H2,1-8H3,(H,35,38)(H,36,37)/t19-,20+,21?,26+,27-,33?/m1/s1. The van der Waals surface area contributed by atoms with Crippen molar-refractivity contribution in [1.82, 2.24) is 10.6 Å². The first-order chi connectivity index (χ1) is 19.5. The lowest BCUT2D eigenvalue weighted by Gasteiger charge is -2.37. The summed E-state index contributed by atoms with van der Waals surface area (Å²) in [5, 5.41) is 6.20. The van der Waals surface area contributed by atoms with Crippen LogP contribution in [0.15, 0.2) is 12.1 Å². The number of ether oxygens (including phenoxy) is 3. The van der Waals surface area contributed by atoms with Crippen molar-refractivity contribution >= 4 is 17.8 Å². The van der Waals surface area contributed by atoms with Crippen LogP contribution in [0.3, 0.4) is 0 Å². The third kappa shape index (κ3) is 7.38. The molecule has 1 aromatic carbocycles. The zero-order valence-corrected chi connectivity index (χ0v) is 26.5. The first kappa shape index (κ1) is 32.1. The molecular weight excluding hydrogens is 539 g/mol. The SMILES string of the molecule is COc1cc(F)c(OC2CCC(C)(C(=O)OC(C)(C)C)CC2)cc1C(=O)N[C@@H]1[C@H]2CC[C@H](C2)[C@@H]1C(=O)NCC(C)(C)C. The second-order valence-electron chi connectivity index (χ2n) is 15.0. The Morgan fingerprint density at radius 2 is 1.62 bits per heavy atom. The van der Waals surface area contributed by atoms with E-state index in [1.54, 1.807) is 0 Å². The molecule has 8 nitrogen and oxygen atoms in total. The fourth-order valence-electron chi connectivity index (χ4n) is 6.68. The predicted molar refractivity (Wildman–Crippen MR) is 158 cm³/mol. The highest BCUT2D eigenvalue weighted by molar-refractivity contribution is 5.98. The lowest BCUT2D eigenvalue weighted by Crippen LogP contribution is -2.50. The zero-order chi connectivity index (χ0) is 31.0. The number of amides is 2. The molecule has 1 aromatic rings. The van der Waals surface area contributed by atoms with Gasteiger partial charge in [-0.1, -0.05) is 20.8 Å². The smallest absolute Gasteiger partial charge is 0.312 e. The highest BCUT2D eigenvalue weighted by Gasteiger charge is 2.51. The van der Waals surface area contributed by atoms with Crippen molar-refractivity contribution in [3.8, 4) is 11.5 Å². The van der Waals surface area contributed by atoms with Gasteiger partial charge in [-0.05, 0) is 96.0 Å². The van der Waals surface area contributed by atoms with Crippen LogP contribution in [0.4, 0.5) is 4.39 Å². The minimum absolute atomic E-state index is 0.0202. The molecule has 42 heavy (non-hydrogen) atoms. The van der Waals surface area contributed by atoms with Gasteiger partial charge in [0.05, 0.1) is 30.1 Å². The molecule has 2 amide bonds. The first-order valence-corrected chi connectivity index (χ1v) is 15.4. The van der Waals surface area contributed by atoms with Gasteiger partial charge in [0.1, 0.15) is 11.4 Å². The maximum atomic E-state index is 15.1. The zero-order valence-electron chi connectivity index (χ0n) is 26.5. The van der Waals surface area contributed by atoms with E-state index in [1.807, 2.05) is 27.7 Å². The van der Waals surface area contributed by atoms with E-state index in [1.165, 1.54) is 19.2 Å². The van der Waals surface area contributed by atoms with Crippen molar-refractivity contribution < 1.29 is 33.0 Å². The molecule has 0 saturated heterocycles. The molecule has 0 aliphatic heterocycles. The van der Waals surface area contributed by atoms with Crippen LogP contribution in [-0.2, 0) is 14.3 Å². The van der Waals surface area contributed by atoms with Crippen LogP contribution in [0.2, 0.25) is 0 Å². The van der Waals surface area contributed by atoms with Crippen LogP contribution >= 0.6 is 0 Å². The Hall–Kier alpha value is -2.84. The summed E-state index contributed by atoms with van der Waals surface area (Å²) in [4.78, 5) is 39.6. The molecule has 234 valence electrons. The average molecular weight is 589 g/mol. The van der Waals surface area contributed by atoms with Gasteiger partial charge >= 0.3 is 5.97 Å². The number of carbonyl (C=O) groups excluding carboxylic acids is 3. The number of methoxy groups -OCH3 is 1. The van der Waals surface area contributed by atoms with Gasteiger partial charge in [0.2, 0.25) is 5.91 Å². The van der Waals surface area contributed by atoms with Crippen LogP contribution in [0, 0.1) is 34.4 Å². The topological polar surface area (TPSA) is 103 Å². The monoisotopic (exact) mass is 588 g/mol. The Bertz CT molecular complexity index is 1180. The number of fused-ring (bicyclic) bond motifs is 2. The molecule has 0 radical (unpaired) electrons. The molecule has 3 aliphatic rings. The summed E-state index contributed by atoms with van der Waals surface area (Å²) in [7, 11) is 1.39.